The van der Waals surface area contributed by atoms with E-state index in [1.807, 2.05) is 17.7 Å². The largest absolute Gasteiger partial charge is 0.381 e. The summed E-state index contributed by atoms with van der Waals surface area (Å²) >= 11 is 0. The first-order chi connectivity index (χ1) is 22.4. The van der Waals surface area contributed by atoms with E-state index in [4.69, 9.17) is 9.84 Å². The number of amides is 4. The number of hydrazone groups is 1. The highest BCUT2D eigenvalue weighted by molar-refractivity contribution is 6.45. The number of nitrogens with zero attached hydrogens (tertiary/aromatic N) is 7. The van der Waals surface area contributed by atoms with Crippen molar-refractivity contribution < 1.29 is 23.9 Å². The Kier molecular flexibility index (Phi) is 6.93. The predicted molar refractivity (Wildman–Crippen MR) is 165 cm³/mol. The van der Waals surface area contributed by atoms with E-state index in [-0.39, 0.29) is 53.5 Å². The molecule has 2 aromatic rings. The lowest BCUT2D eigenvalue weighted by molar-refractivity contribution is -0.126. The van der Waals surface area contributed by atoms with Crippen molar-refractivity contribution in [2.45, 2.75) is 82.0 Å². The average Bonchev–Trinajstić information content (AvgIpc) is 3.96. The summed E-state index contributed by atoms with van der Waals surface area (Å²) in [6.45, 7) is 3.30. The Morgan fingerprint density at radius 2 is 1.83 bits per heavy atom. The molecule has 5 heterocycles. The Morgan fingerprint density at radius 1 is 1.07 bits per heavy atom. The van der Waals surface area contributed by atoms with Crippen LogP contribution in [0.3, 0.4) is 0 Å². The van der Waals surface area contributed by atoms with Gasteiger partial charge in [0.1, 0.15) is 23.6 Å². The van der Waals surface area contributed by atoms with Crippen LogP contribution in [0.4, 0.5) is 11.5 Å². The lowest BCUT2D eigenvalue weighted by Gasteiger charge is -2.39. The lowest BCUT2D eigenvalue weighted by atomic mass is 9.82. The molecule has 5 atom stereocenters. The SMILES string of the molecule is CCN1C(=O)[C@@H](NC(=O)C2=NN(c3ccccc3)C(=O)C2)[C@@H](C2CC2)c2c(C(=O)N3[C@H](C#N)C[C@H]4C[C@H]43)nn(C3CCOCC3)c21. The number of likely N-dealkylation sites (N-methyl/N-ethyl adjacent to an activating group) is 1. The molecule has 4 amide bonds. The van der Waals surface area contributed by atoms with Crippen LogP contribution in [-0.4, -0.2) is 81.9 Å². The number of para-hydroxylation sites is 1. The quantitative estimate of drug-likeness (QED) is 0.497. The molecular weight excluding hydrogens is 588 g/mol. The first kappa shape index (κ1) is 28.9. The van der Waals surface area contributed by atoms with Gasteiger partial charge in [-0.25, -0.2) is 4.68 Å². The number of nitrogens with one attached hydrogen (secondary N) is 1. The number of carbonyl (C=O) groups is 4. The fourth-order valence-corrected chi connectivity index (χ4v) is 7.91. The average molecular weight is 625 g/mol. The molecule has 4 aliphatic heterocycles. The number of likely N-dealkylation sites (tertiary alicyclic amines) is 1. The number of piperidine rings is 1. The van der Waals surface area contributed by atoms with Gasteiger partial charge in [0.15, 0.2) is 5.69 Å². The van der Waals surface area contributed by atoms with Crippen LogP contribution in [0.2, 0.25) is 0 Å². The van der Waals surface area contributed by atoms with Gasteiger partial charge in [0.25, 0.3) is 23.6 Å². The van der Waals surface area contributed by atoms with Crippen molar-refractivity contribution in [2.24, 2.45) is 16.9 Å². The number of anilines is 2. The van der Waals surface area contributed by atoms with E-state index >= 15 is 0 Å². The van der Waals surface area contributed by atoms with Gasteiger partial charge in [-0.3, -0.25) is 24.1 Å². The molecule has 13 heteroatoms. The van der Waals surface area contributed by atoms with Crippen molar-refractivity contribution in [3.05, 3.63) is 41.6 Å². The van der Waals surface area contributed by atoms with E-state index in [0.29, 0.717) is 62.0 Å². The minimum atomic E-state index is -0.964. The maximum atomic E-state index is 14.5. The van der Waals surface area contributed by atoms with Crippen molar-refractivity contribution in [1.82, 2.24) is 20.0 Å². The molecule has 1 aromatic carbocycles. The molecule has 2 saturated heterocycles. The third-order valence-corrected chi connectivity index (χ3v) is 10.4. The van der Waals surface area contributed by atoms with Crippen LogP contribution >= 0.6 is 0 Å². The fourth-order valence-electron chi connectivity index (χ4n) is 7.91. The molecule has 6 aliphatic rings. The van der Waals surface area contributed by atoms with Gasteiger partial charge in [-0.05, 0) is 69.4 Å². The molecule has 2 saturated carbocycles. The van der Waals surface area contributed by atoms with Gasteiger partial charge in [-0.1, -0.05) is 18.2 Å². The smallest absolute Gasteiger partial charge is 0.276 e. The van der Waals surface area contributed by atoms with E-state index in [9.17, 15) is 24.4 Å². The molecule has 0 unspecified atom stereocenters. The molecule has 1 N–H and O–H groups in total. The Hall–Kier alpha value is -4.57. The van der Waals surface area contributed by atoms with Crippen LogP contribution in [0.25, 0.3) is 0 Å². The monoisotopic (exact) mass is 624 g/mol. The van der Waals surface area contributed by atoms with Crippen LogP contribution < -0.4 is 15.2 Å². The molecule has 13 nitrogen and oxygen atoms in total. The third kappa shape index (κ3) is 4.61. The molecule has 1 aromatic heterocycles. The topological polar surface area (TPSA) is 153 Å². The Balaban J connectivity index is 1.19. The van der Waals surface area contributed by atoms with Crippen LogP contribution in [0.5, 0.6) is 0 Å². The Bertz CT molecular complexity index is 1690. The van der Waals surface area contributed by atoms with Crippen molar-refractivity contribution in [3.63, 3.8) is 0 Å². The summed E-state index contributed by atoms with van der Waals surface area (Å²) in [5, 5.41) is 23.4. The zero-order valence-electron chi connectivity index (χ0n) is 25.7. The van der Waals surface area contributed by atoms with Crippen molar-refractivity contribution in [1.29, 1.82) is 5.26 Å². The van der Waals surface area contributed by atoms with Crippen LogP contribution in [0, 0.1) is 23.2 Å². The normalized spacial score (nSPS) is 28.9. The Labute approximate surface area is 266 Å². The Morgan fingerprint density at radius 3 is 2.52 bits per heavy atom. The molecule has 2 aliphatic carbocycles. The minimum Gasteiger partial charge on any atom is -0.381 e. The zero-order chi connectivity index (χ0) is 31.7. The van der Waals surface area contributed by atoms with Crippen molar-refractivity contribution in [2.75, 3.05) is 29.7 Å². The molecular formula is C33H36N8O5. The molecule has 4 fully saturated rings. The number of hydrogen-bond acceptors (Lipinski definition) is 8. The van der Waals surface area contributed by atoms with E-state index in [1.54, 1.807) is 34.1 Å². The van der Waals surface area contributed by atoms with Crippen molar-refractivity contribution >= 4 is 40.8 Å². The summed E-state index contributed by atoms with van der Waals surface area (Å²) < 4.78 is 7.49. The van der Waals surface area contributed by atoms with E-state index in [1.165, 1.54) is 5.01 Å². The van der Waals surface area contributed by atoms with Crippen molar-refractivity contribution in [3.8, 4) is 6.07 Å². The maximum absolute atomic E-state index is 14.5. The second-order valence-corrected chi connectivity index (χ2v) is 13.2. The number of carbonyl (C=O) groups excluding carboxylic acids is 4. The number of fused-ring (bicyclic) bond motifs is 2. The summed E-state index contributed by atoms with van der Waals surface area (Å²) in [5.41, 5.74) is 1.55. The zero-order valence-corrected chi connectivity index (χ0v) is 25.7. The molecule has 0 radical (unpaired) electrons. The highest BCUT2D eigenvalue weighted by Gasteiger charge is 2.57. The van der Waals surface area contributed by atoms with Crippen LogP contribution in [0.15, 0.2) is 35.4 Å². The lowest BCUT2D eigenvalue weighted by Crippen LogP contribution is -2.57. The summed E-state index contributed by atoms with van der Waals surface area (Å²) in [5.74, 6) is -0.907. The minimum absolute atomic E-state index is 0.0351. The maximum Gasteiger partial charge on any atom is 0.276 e. The number of rotatable bonds is 7. The molecule has 0 bridgehead atoms. The number of ether oxygens (including phenoxy) is 1. The second kappa shape index (κ2) is 11.0. The van der Waals surface area contributed by atoms with Crippen LogP contribution in [-0.2, 0) is 19.1 Å². The fraction of sp³-hybridized carbons (Fsp3) is 0.545. The summed E-state index contributed by atoms with van der Waals surface area (Å²) in [6, 6.07) is 9.73. The number of aromatic nitrogens is 2. The van der Waals surface area contributed by atoms with Gasteiger partial charge in [-0.2, -0.15) is 20.5 Å². The molecule has 0 spiro atoms. The van der Waals surface area contributed by atoms with Gasteiger partial charge >= 0.3 is 0 Å². The van der Waals surface area contributed by atoms with Gasteiger partial charge in [0.2, 0.25) is 0 Å². The van der Waals surface area contributed by atoms with Gasteiger partial charge in [-0.15, -0.1) is 0 Å². The molecule has 8 rings (SSSR count). The van der Waals surface area contributed by atoms with Gasteiger partial charge in [0.05, 0.1) is 24.2 Å². The summed E-state index contributed by atoms with van der Waals surface area (Å²) in [4.78, 5) is 58.8. The standard InChI is InChI=1S/C33H36N8O5/c1-2-38-31-27(29(37-41(31)21-10-12-46-13-11-21)33(45)39-22(17-34)14-19-15-24(19)39)26(18-8-9-18)28(32(38)44)35-30(43)23-16-25(42)40(36-23)20-6-4-3-5-7-20/h3-7,18-19,21-22,24,26,28H,2,8-16H2,1H3,(H,35,43)/t19-,22-,24+,26-,28-/m0/s1. The number of nitriles is 1. The van der Waals surface area contributed by atoms with E-state index < -0.39 is 23.9 Å². The van der Waals surface area contributed by atoms with E-state index in [0.717, 1.165) is 19.3 Å². The number of hydrogen-bond donors (Lipinski definition) is 1. The van der Waals surface area contributed by atoms with E-state index in [2.05, 4.69) is 16.5 Å². The van der Waals surface area contributed by atoms with Gasteiger partial charge < -0.3 is 15.0 Å². The molecule has 238 valence electrons. The first-order valence-corrected chi connectivity index (χ1v) is 16.4. The highest BCUT2D eigenvalue weighted by Crippen LogP contribution is 2.53. The first-order valence-electron chi connectivity index (χ1n) is 16.4. The second-order valence-electron chi connectivity index (χ2n) is 13.2. The third-order valence-electron chi connectivity index (χ3n) is 10.4. The number of benzene rings is 1. The van der Waals surface area contributed by atoms with Gasteiger partial charge in [0, 0.05) is 37.3 Å². The summed E-state index contributed by atoms with van der Waals surface area (Å²) in [7, 11) is 0. The summed E-state index contributed by atoms with van der Waals surface area (Å²) in [6.07, 6.45) is 4.46. The predicted octanol–water partition coefficient (Wildman–Crippen LogP) is 2.50. The molecule has 46 heavy (non-hydrogen) atoms. The van der Waals surface area contributed by atoms with Crippen LogP contribution in [0.1, 0.15) is 79.9 Å². The highest BCUT2D eigenvalue weighted by atomic mass is 16.5.